The minimum absolute atomic E-state index is 0.0706. The van der Waals surface area contributed by atoms with Crippen LogP contribution in [0.1, 0.15) is 25.5 Å². The Kier molecular flexibility index (Phi) is 5.40. The smallest absolute Gasteiger partial charge is 0.119 e. The van der Waals surface area contributed by atoms with Gasteiger partial charge in [0.05, 0.1) is 6.61 Å². The summed E-state index contributed by atoms with van der Waals surface area (Å²) in [7, 11) is 2.19. The molecule has 1 aliphatic rings. The van der Waals surface area contributed by atoms with Gasteiger partial charge in [0.2, 0.25) is 0 Å². The molecule has 2 rings (SSSR count). The van der Waals surface area contributed by atoms with Crippen LogP contribution >= 0.6 is 0 Å². The Morgan fingerprint density at radius 2 is 2.00 bits per heavy atom. The molecule has 0 bridgehead atoms. The standard InChI is InChI=1S/C16H27N3O/c1-4-20-15-7-5-14(6-8-15)16(17)12-19-10-9-18(3)13(2)11-19/h5-8,13,16H,4,9-12,17H2,1-3H3. The molecule has 2 unspecified atom stereocenters. The number of likely N-dealkylation sites (N-methyl/N-ethyl adjacent to an activating group) is 1. The second-order valence-corrected chi connectivity index (χ2v) is 5.70. The Morgan fingerprint density at radius 3 is 2.60 bits per heavy atom. The first-order valence-electron chi connectivity index (χ1n) is 7.51. The number of ether oxygens (including phenoxy) is 1. The molecule has 0 aromatic heterocycles. The molecule has 2 N–H and O–H groups in total. The fraction of sp³-hybridized carbons (Fsp3) is 0.625. The minimum atomic E-state index is 0.0706. The molecule has 1 aliphatic heterocycles. The van der Waals surface area contributed by atoms with Crippen molar-refractivity contribution < 1.29 is 4.74 Å². The Labute approximate surface area is 122 Å². The van der Waals surface area contributed by atoms with Gasteiger partial charge in [-0.1, -0.05) is 12.1 Å². The van der Waals surface area contributed by atoms with E-state index >= 15 is 0 Å². The number of piperazine rings is 1. The summed E-state index contributed by atoms with van der Waals surface area (Å²) < 4.78 is 5.46. The lowest BCUT2D eigenvalue weighted by Gasteiger charge is -2.38. The zero-order valence-electron chi connectivity index (χ0n) is 12.9. The van der Waals surface area contributed by atoms with Crippen LogP contribution in [0.5, 0.6) is 5.75 Å². The predicted molar refractivity (Wildman–Crippen MR) is 83.1 cm³/mol. The van der Waals surface area contributed by atoms with E-state index in [4.69, 9.17) is 10.5 Å². The van der Waals surface area contributed by atoms with Crippen LogP contribution in [-0.2, 0) is 0 Å². The molecule has 0 saturated carbocycles. The Morgan fingerprint density at radius 1 is 1.30 bits per heavy atom. The highest BCUT2D eigenvalue weighted by molar-refractivity contribution is 5.29. The fourth-order valence-corrected chi connectivity index (χ4v) is 2.65. The molecule has 4 heteroatoms. The molecular weight excluding hydrogens is 250 g/mol. The van der Waals surface area contributed by atoms with Crippen LogP contribution in [0.2, 0.25) is 0 Å². The van der Waals surface area contributed by atoms with Crippen molar-refractivity contribution in [3.63, 3.8) is 0 Å². The van der Waals surface area contributed by atoms with Gasteiger partial charge in [-0.05, 0) is 38.6 Å². The van der Waals surface area contributed by atoms with E-state index < -0.39 is 0 Å². The lowest BCUT2D eigenvalue weighted by molar-refractivity contribution is 0.100. The van der Waals surface area contributed by atoms with E-state index in [1.807, 2.05) is 19.1 Å². The van der Waals surface area contributed by atoms with Crippen molar-refractivity contribution >= 4 is 0 Å². The van der Waals surface area contributed by atoms with Gasteiger partial charge in [-0.2, -0.15) is 0 Å². The number of hydrogen-bond donors (Lipinski definition) is 1. The highest BCUT2D eigenvalue weighted by Gasteiger charge is 2.22. The zero-order valence-corrected chi connectivity index (χ0v) is 12.9. The van der Waals surface area contributed by atoms with E-state index in [0.717, 1.165) is 31.9 Å². The molecule has 0 spiro atoms. The summed E-state index contributed by atoms with van der Waals surface area (Å²) in [6.45, 7) is 9.21. The largest absolute Gasteiger partial charge is 0.494 e. The second kappa shape index (κ2) is 7.07. The monoisotopic (exact) mass is 277 g/mol. The predicted octanol–water partition coefficient (Wildman–Crippen LogP) is 1.72. The first-order chi connectivity index (χ1) is 9.60. The second-order valence-electron chi connectivity index (χ2n) is 5.70. The Balaban J connectivity index is 1.89. The summed E-state index contributed by atoms with van der Waals surface area (Å²) in [6, 6.07) is 8.85. The lowest BCUT2D eigenvalue weighted by atomic mass is 10.1. The number of hydrogen-bond acceptors (Lipinski definition) is 4. The van der Waals surface area contributed by atoms with E-state index in [9.17, 15) is 0 Å². The molecule has 112 valence electrons. The highest BCUT2D eigenvalue weighted by Crippen LogP contribution is 2.18. The quantitative estimate of drug-likeness (QED) is 0.890. The summed E-state index contributed by atoms with van der Waals surface area (Å²) in [4.78, 5) is 4.87. The van der Waals surface area contributed by atoms with Gasteiger partial charge in [0, 0.05) is 38.3 Å². The third-order valence-corrected chi connectivity index (χ3v) is 4.12. The van der Waals surface area contributed by atoms with E-state index in [0.29, 0.717) is 12.6 Å². The molecule has 0 amide bonds. The molecule has 1 saturated heterocycles. The average Bonchev–Trinajstić information content (AvgIpc) is 2.44. The molecular formula is C16H27N3O. The van der Waals surface area contributed by atoms with Crippen molar-refractivity contribution in [2.45, 2.75) is 25.9 Å². The van der Waals surface area contributed by atoms with Gasteiger partial charge in [0.1, 0.15) is 5.75 Å². The molecule has 4 nitrogen and oxygen atoms in total. The van der Waals surface area contributed by atoms with Crippen LogP contribution < -0.4 is 10.5 Å². The van der Waals surface area contributed by atoms with Crippen molar-refractivity contribution in [2.24, 2.45) is 5.73 Å². The fourth-order valence-electron chi connectivity index (χ4n) is 2.65. The highest BCUT2D eigenvalue weighted by atomic mass is 16.5. The molecule has 0 radical (unpaired) electrons. The molecule has 1 heterocycles. The van der Waals surface area contributed by atoms with Gasteiger partial charge in [-0.3, -0.25) is 4.90 Å². The maximum Gasteiger partial charge on any atom is 0.119 e. The van der Waals surface area contributed by atoms with Gasteiger partial charge in [0.25, 0.3) is 0 Å². The van der Waals surface area contributed by atoms with Crippen molar-refractivity contribution in [2.75, 3.05) is 39.8 Å². The normalized spacial score (nSPS) is 22.7. The number of rotatable bonds is 5. The number of nitrogens with two attached hydrogens (primary N) is 1. The Bertz CT molecular complexity index is 407. The topological polar surface area (TPSA) is 41.7 Å². The van der Waals surface area contributed by atoms with Crippen LogP contribution in [0, 0.1) is 0 Å². The van der Waals surface area contributed by atoms with Crippen molar-refractivity contribution in [1.82, 2.24) is 9.80 Å². The van der Waals surface area contributed by atoms with E-state index in [1.54, 1.807) is 0 Å². The van der Waals surface area contributed by atoms with Gasteiger partial charge >= 0.3 is 0 Å². The van der Waals surface area contributed by atoms with Crippen molar-refractivity contribution in [3.8, 4) is 5.75 Å². The maximum absolute atomic E-state index is 6.33. The summed E-state index contributed by atoms with van der Waals surface area (Å²) >= 11 is 0. The summed E-state index contributed by atoms with van der Waals surface area (Å²) in [5, 5.41) is 0. The molecule has 20 heavy (non-hydrogen) atoms. The first-order valence-corrected chi connectivity index (χ1v) is 7.51. The molecule has 1 aromatic rings. The van der Waals surface area contributed by atoms with Gasteiger partial charge in [0.15, 0.2) is 0 Å². The van der Waals surface area contributed by atoms with Crippen molar-refractivity contribution in [3.05, 3.63) is 29.8 Å². The van der Waals surface area contributed by atoms with Gasteiger partial charge in [-0.15, -0.1) is 0 Å². The zero-order chi connectivity index (χ0) is 14.5. The van der Waals surface area contributed by atoms with Crippen LogP contribution in [0.15, 0.2) is 24.3 Å². The van der Waals surface area contributed by atoms with Crippen LogP contribution in [-0.4, -0.2) is 55.7 Å². The summed E-state index contributed by atoms with van der Waals surface area (Å²) in [5.41, 5.74) is 7.51. The van der Waals surface area contributed by atoms with Crippen LogP contribution in [0.4, 0.5) is 0 Å². The minimum Gasteiger partial charge on any atom is -0.494 e. The van der Waals surface area contributed by atoms with E-state index in [-0.39, 0.29) is 6.04 Å². The molecule has 1 aromatic carbocycles. The number of benzene rings is 1. The molecule has 0 aliphatic carbocycles. The number of nitrogens with zero attached hydrogens (tertiary/aromatic N) is 2. The first kappa shape index (κ1) is 15.3. The lowest BCUT2D eigenvalue weighted by Crippen LogP contribution is -2.51. The third-order valence-electron chi connectivity index (χ3n) is 4.12. The van der Waals surface area contributed by atoms with Crippen LogP contribution in [0.3, 0.4) is 0 Å². The van der Waals surface area contributed by atoms with Gasteiger partial charge in [-0.25, -0.2) is 0 Å². The SMILES string of the molecule is CCOc1ccc(C(N)CN2CCN(C)C(C)C2)cc1. The summed E-state index contributed by atoms with van der Waals surface area (Å²) in [5.74, 6) is 0.914. The summed E-state index contributed by atoms with van der Waals surface area (Å²) in [6.07, 6.45) is 0. The molecule has 1 fully saturated rings. The molecule has 2 atom stereocenters. The Hall–Kier alpha value is -1.10. The van der Waals surface area contributed by atoms with E-state index in [2.05, 4.69) is 35.9 Å². The van der Waals surface area contributed by atoms with E-state index in [1.165, 1.54) is 5.56 Å². The maximum atomic E-state index is 6.33. The van der Waals surface area contributed by atoms with Crippen molar-refractivity contribution in [1.29, 1.82) is 0 Å². The average molecular weight is 277 g/mol. The third kappa shape index (κ3) is 3.95. The van der Waals surface area contributed by atoms with Gasteiger partial charge < -0.3 is 15.4 Å². The van der Waals surface area contributed by atoms with Crippen LogP contribution in [0.25, 0.3) is 0 Å².